The van der Waals surface area contributed by atoms with E-state index in [-0.39, 0.29) is 29.2 Å². The molecule has 2 aliphatic rings. The molecule has 1 heterocycles. The van der Waals surface area contributed by atoms with Gasteiger partial charge in [-0.15, -0.1) is 0 Å². The maximum atomic E-state index is 12.9. The van der Waals surface area contributed by atoms with Crippen molar-refractivity contribution >= 4 is 21.7 Å². The van der Waals surface area contributed by atoms with Gasteiger partial charge in [-0.05, 0) is 50.7 Å². The normalized spacial score (nSPS) is 21.2. The maximum absolute atomic E-state index is 12.9. The van der Waals surface area contributed by atoms with Crippen LogP contribution >= 0.6 is 0 Å². The van der Waals surface area contributed by atoms with Gasteiger partial charge >= 0.3 is 0 Å². The number of nitrogens with zero attached hydrogens (tertiary/aromatic N) is 2. The van der Waals surface area contributed by atoms with E-state index in [1.807, 2.05) is 4.90 Å². The molecule has 0 spiro atoms. The van der Waals surface area contributed by atoms with E-state index >= 15 is 0 Å². The molecule has 0 aromatic heterocycles. The van der Waals surface area contributed by atoms with E-state index in [1.165, 1.54) is 70.3 Å². The summed E-state index contributed by atoms with van der Waals surface area (Å²) in [6.07, 6.45) is 8.10. The van der Waals surface area contributed by atoms with Gasteiger partial charge in [-0.2, -0.15) is 4.31 Å². The number of likely N-dealkylation sites (N-methyl/N-ethyl adjacent to an activating group) is 1. The zero-order valence-corrected chi connectivity index (χ0v) is 17.6. The minimum absolute atomic E-state index is 0.0954. The molecule has 0 N–H and O–H groups in total. The molecule has 1 aromatic rings. The lowest BCUT2D eigenvalue weighted by atomic mass is 9.83. The van der Waals surface area contributed by atoms with Crippen molar-refractivity contribution < 1.29 is 18.0 Å². The number of likely N-dealkylation sites (tertiary alicyclic amines) is 1. The zero-order valence-electron chi connectivity index (χ0n) is 16.8. The molecule has 3 rings (SSSR count). The Morgan fingerprint density at radius 1 is 1.04 bits per heavy atom. The summed E-state index contributed by atoms with van der Waals surface area (Å²) in [5.74, 6) is 0.330. The summed E-state index contributed by atoms with van der Waals surface area (Å²) < 4.78 is 26.8. The van der Waals surface area contributed by atoms with Crippen LogP contribution in [0.4, 0.5) is 0 Å². The van der Waals surface area contributed by atoms with Gasteiger partial charge < -0.3 is 4.90 Å². The topological polar surface area (TPSA) is 74.8 Å². The fourth-order valence-electron chi connectivity index (χ4n) is 4.52. The van der Waals surface area contributed by atoms with Gasteiger partial charge in [0, 0.05) is 25.2 Å². The van der Waals surface area contributed by atoms with E-state index in [0.717, 1.165) is 23.7 Å². The highest BCUT2D eigenvalue weighted by molar-refractivity contribution is 7.89. The van der Waals surface area contributed by atoms with E-state index in [1.54, 1.807) is 0 Å². The molecule has 154 valence electrons. The number of amides is 1. The fourth-order valence-corrected chi connectivity index (χ4v) is 5.64. The third-order valence-corrected chi connectivity index (χ3v) is 7.96. The predicted octanol–water partition coefficient (Wildman–Crippen LogP) is 3.08. The third-order valence-electron chi connectivity index (χ3n) is 6.14. The largest absolute Gasteiger partial charge is 0.338 e. The summed E-state index contributed by atoms with van der Waals surface area (Å²) in [7, 11) is -2.33. The number of benzene rings is 1. The van der Waals surface area contributed by atoms with Crippen LogP contribution in [-0.2, 0) is 14.8 Å². The Balaban J connectivity index is 1.67. The van der Waals surface area contributed by atoms with Gasteiger partial charge in [-0.25, -0.2) is 8.42 Å². The Kier molecular flexibility index (Phi) is 6.55. The average Bonchev–Trinajstić information content (AvgIpc) is 3.18. The van der Waals surface area contributed by atoms with Crippen molar-refractivity contribution in [2.45, 2.75) is 62.8 Å². The molecule has 0 bridgehead atoms. The van der Waals surface area contributed by atoms with E-state index in [0.29, 0.717) is 11.5 Å². The Morgan fingerprint density at radius 3 is 2.29 bits per heavy atom. The molecule has 1 aliphatic carbocycles. The van der Waals surface area contributed by atoms with Crippen LogP contribution in [0.2, 0.25) is 0 Å². The lowest BCUT2D eigenvalue weighted by Crippen LogP contribution is -2.46. The minimum atomic E-state index is -3.77. The van der Waals surface area contributed by atoms with Crippen LogP contribution in [0.3, 0.4) is 0 Å². The summed E-state index contributed by atoms with van der Waals surface area (Å²) in [5.41, 5.74) is 0.463. The molecule has 1 atom stereocenters. The number of carbonyl (C=O) groups is 2. The molecule has 1 aliphatic heterocycles. The smallest absolute Gasteiger partial charge is 0.243 e. The van der Waals surface area contributed by atoms with Crippen LogP contribution in [0.5, 0.6) is 0 Å². The summed E-state index contributed by atoms with van der Waals surface area (Å²) in [6.45, 7) is 2.01. The highest BCUT2D eigenvalue weighted by Gasteiger charge is 2.36. The van der Waals surface area contributed by atoms with Gasteiger partial charge in [0.1, 0.15) is 0 Å². The van der Waals surface area contributed by atoms with Crippen molar-refractivity contribution in [3.05, 3.63) is 29.8 Å². The number of hydrogen-bond donors (Lipinski definition) is 0. The van der Waals surface area contributed by atoms with E-state index in [9.17, 15) is 18.0 Å². The molecular weight excluding hydrogens is 376 g/mol. The number of carbonyl (C=O) groups excluding carboxylic acids is 2. The Morgan fingerprint density at radius 2 is 1.68 bits per heavy atom. The quantitative estimate of drug-likeness (QED) is 0.681. The first-order chi connectivity index (χ1) is 13.3. The first-order valence-electron chi connectivity index (χ1n) is 10.2. The highest BCUT2D eigenvalue weighted by atomic mass is 32.2. The van der Waals surface area contributed by atoms with Crippen LogP contribution in [0.25, 0.3) is 0 Å². The Hall–Kier alpha value is -1.73. The highest BCUT2D eigenvalue weighted by Crippen LogP contribution is 2.34. The standard InChI is InChI=1S/C21H30N2O4S/c1-16(24)17-10-12-19(13-11-17)28(26,27)22(2)15-21(25)23-14-6-9-20(23)18-7-4-3-5-8-18/h10-13,18,20H,3-9,14-15H2,1-2H3. The lowest BCUT2D eigenvalue weighted by molar-refractivity contribution is -0.133. The summed E-state index contributed by atoms with van der Waals surface area (Å²) >= 11 is 0. The molecule has 1 unspecified atom stereocenters. The first-order valence-corrected chi connectivity index (χ1v) is 11.6. The summed E-state index contributed by atoms with van der Waals surface area (Å²) in [6, 6.07) is 6.12. The Labute approximate surface area is 167 Å². The SMILES string of the molecule is CC(=O)c1ccc(S(=O)(=O)N(C)CC(=O)N2CCCC2C2CCCCC2)cc1. The molecule has 6 nitrogen and oxygen atoms in total. The summed E-state index contributed by atoms with van der Waals surface area (Å²) in [4.78, 5) is 26.3. The minimum Gasteiger partial charge on any atom is -0.338 e. The molecule has 0 radical (unpaired) electrons. The van der Waals surface area contributed by atoms with Crippen molar-refractivity contribution in [2.75, 3.05) is 20.1 Å². The van der Waals surface area contributed by atoms with Gasteiger partial charge in [0.05, 0.1) is 11.4 Å². The number of hydrogen-bond acceptors (Lipinski definition) is 4. The van der Waals surface area contributed by atoms with Crippen LogP contribution in [0.1, 0.15) is 62.2 Å². The van der Waals surface area contributed by atoms with E-state index in [4.69, 9.17) is 0 Å². The van der Waals surface area contributed by atoms with Crippen molar-refractivity contribution in [1.29, 1.82) is 0 Å². The first kappa shape index (κ1) is 21.0. The zero-order chi connectivity index (χ0) is 20.3. The van der Waals surface area contributed by atoms with Crippen LogP contribution in [0.15, 0.2) is 29.2 Å². The summed E-state index contributed by atoms with van der Waals surface area (Å²) in [5, 5.41) is 0. The number of ketones is 1. The number of sulfonamides is 1. The van der Waals surface area contributed by atoms with E-state index in [2.05, 4.69) is 0 Å². The monoisotopic (exact) mass is 406 g/mol. The molecule has 7 heteroatoms. The van der Waals surface area contributed by atoms with Gasteiger partial charge in [0.15, 0.2) is 5.78 Å². The van der Waals surface area contributed by atoms with Crippen LogP contribution in [0, 0.1) is 5.92 Å². The van der Waals surface area contributed by atoms with Crippen molar-refractivity contribution in [3.63, 3.8) is 0 Å². The van der Waals surface area contributed by atoms with Crippen molar-refractivity contribution in [1.82, 2.24) is 9.21 Å². The van der Waals surface area contributed by atoms with Crippen LogP contribution < -0.4 is 0 Å². The second-order valence-corrected chi connectivity index (χ2v) is 10.1. The maximum Gasteiger partial charge on any atom is 0.243 e. The van der Waals surface area contributed by atoms with Gasteiger partial charge in [0.2, 0.25) is 15.9 Å². The fraction of sp³-hybridized carbons (Fsp3) is 0.619. The average molecular weight is 407 g/mol. The lowest BCUT2D eigenvalue weighted by Gasteiger charge is -2.34. The second-order valence-electron chi connectivity index (χ2n) is 8.04. The molecular formula is C21H30N2O4S. The van der Waals surface area contributed by atoms with Crippen molar-refractivity contribution in [2.24, 2.45) is 5.92 Å². The predicted molar refractivity (Wildman–Crippen MR) is 108 cm³/mol. The molecule has 2 fully saturated rings. The van der Waals surface area contributed by atoms with Gasteiger partial charge in [-0.1, -0.05) is 31.4 Å². The molecule has 1 saturated carbocycles. The number of Topliss-reactive ketones (excluding diaryl/α,β-unsaturated/α-hetero) is 1. The molecule has 28 heavy (non-hydrogen) atoms. The van der Waals surface area contributed by atoms with Crippen LogP contribution in [-0.4, -0.2) is 55.5 Å². The van der Waals surface area contributed by atoms with Gasteiger partial charge in [0.25, 0.3) is 0 Å². The number of rotatable bonds is 6. The van der Waals surface area contributed by atoms with Crippen molar-refractivity contribution in [3.8, 4) is 0 Å². The molecule has 1 amide bonds. The Bertz CT molecular complexity index is 813. The molecule has 1 aromatic carbocycles. The molecule has 1 saturated heterocycles. The second kappa shape index (κ2) is 8.74. The van der Waals surface area contributed by atoms with E-state index < -0.39 is 10.0 Å². The third kappa shape index (κ3) is 4.46. The van der Waals surface area contributed by atoms with Gasteiger partial charge in [-0.3, -0.25) is 9.59 Å².